The number of amides is 2. The Morgan fingerprint density at radius 2 is 1.85 bits per heavy atom. The van der Waals surface area contributed by atoms with Gasteiger partial charge < -0.3 is 15.0 Å². The standard InChI is InChI=1S/C18H19F3N4O2/c1-17(2)14(18(19,20)21)8-11-25(17)16(26)24-12-4-6-13(7-5-12)27-15-22-9-3-10-23-15/h3-7,9-10,14H,8,11H2,1-2H3,(H,24,26)/t14-/m0/s1. The van der Waals surface area contributed by atoms with E-state index < -0.39 is 23.7 Å². The zero-order chi connectivity index (χ0) is 19.7. The summed E-state index contributed by atoms with van der Waals surface area (Å²) in [7, 11) is 0. The second-order valence-electron chi connectivity index (χ2n) is 6.78. The van der Waals surface area contributed by atoms with Crippen LogP contribution in [0.4, 0.5) is 23.7 Å². The third-order valence-corrected chi connectivity index (χ3v) is 4.69. The fraction of sp³-hybridized carbons (Fsp3) is 0.389. The van der Waals surface area contributed by atoms with Crippen LogP contribution in [-0.2, 0) is 0 Å². The van der Waals surface area contributed by atoms with Gasteiger partial charge in [0.1, 0.15) is 5.75 Å². The molecule has 1 aliphatic rings. The lowest BCUT2D eigenvalue weighted by Gasteiger charge is -2.36. The molecule has 0 saturated carbocycles. The van der Waals surface area contributed by atoms with Gasteiger partial charge in [-0.15, -0.1) is 0 Å². The molecule has 1 saturated heterocycles. The van der Waals surface area contributed by atoms with Gasteiger partial charge in [-0.1, -0.05) is 0 Å². The largest absolute Gasteiger partial charge is 0.424 e. The molecular formula is C18H19F3N4O2. The highest BCUT2D eigenvalue weighted by molar-refractivity contribution is 5.90. The fourth-order valence-electron chi connectivity index (χ4n) is 3.26. The van der Waals surface area contributed by atoms with Crippen LogP contribution in [0.3, 0.4) is 0 Å². The van der Waals surface area contributed by atoms with Gasteiger partial charge in [-0.05, 0) is 50.6 Å². The molecule has 1 aromatic heterocycles. The van der Waals surface area contributed by atoms with E-state index in [2.05, 4.69) is 15.3 Å². The minimum atomic E-state index is -4.34. The van der Waals surface area contributed by atoms with Crippen molar-refractivity contribution in [2.75, 3.05) is 11.9 Å². The molecule has 3 rings (SSSR count). The first-order valence-corrected chi connectivity index (χ1v) is 8.38. The van der Waals surface area contributed by atoms with Gasteiger partial charge in [0, 0.05) is 24.6 Å². The average molecular weight is 380 g/mol. The SMILES string of the molecule is CC1(C)[C@@H](C(F)(F)F)CCN1C(=O)Nc1ccc(Oc2ncccn2)cc1. The molecule has 9 heteroatoms. The molecular weight excluding hydrogens is 361 g/mol. The van der Waals surface area contributed by atoms with Gasteiger partial charge in [0.05, 0.1) is 11.5 Å². The monoisotopic (exact) mass is 380 g/mol. The molecule has 0 radical (unpaired) electrons. The molecule has 1 N–H and O–H groups in total. The third kappa shape index (κ3) is 4.12. The van der Waals surface area contributed by atoms with Crippen molar-refractivity contribution < 1.29 is 22.7 Å². The zero-order valence-electron chi connectivity index (χ0n) is 14.8. The van der Waals surface area contributed by atoms with Crippen molar-refractivity contribution in [3.63, 3.8) is 0 Å². The molecule has 144 valence electrons. The van der Waals surface area contributed by atoms with Gasteiger partial charge in [0.25, 0.3) is 0 Å². The maximum absolute atomic E-state index is 13.2. The summed E-state index contributed by atoms with van der Waals surface area (Å²) in [6, 6.07) is 7.70. The summed E-state index contributed by atoms with van der Waals surface area (Å²) in [5, 5.41) is 2.64. The number of likely N-dealkylation sites (tertiary alicyclic amines) is 1. The number of aromatic nitrogens is 2. The Bertz CT molecular complexity index is 795. The van der Waals surface area contributed by atoms with Gasteiger partial charge in [-0.3, -0.25) is 0 Å². The van der Waals surface area contributed by atoms with Gasteiger partial charge in [-0.25, -0.2) is 14.8 Å². The van der Waals surface area contributed by atoms with E-state index in [1.165, 1.54) is 18.7 Å². The van der Waals surface area contributed by atoms with Crippen molar-refractivity contribution in [3.8, 4) is 11.8 Å². The Hall–Kier alpha value is -2.84. The lowest BCUT2D eigenvalue weighted by Crippen LogP contribution is -2.51. The van der Waals surface area contributed by atoms with Crippen LogP contribution in [-0.4, -0.2) is 39.2 Å². The van der Waals surface area contributed by atoms with E-state index in [0.29, 0.717) is 11.4 Å². The number of hydrogen-bond donors (Lipinski definition) is 1. The molecule has 2 amide bonds. The minimum absolute atomic E-state index is 0.0511. The number of ether oxygens (including phenoxy) is 1. The van der Waals surface area contributed by atoms with E-state index in [0.717, 1.165) is 0 Å². The Morgan fingerprint density at radius 3 is 2.41 bits per heavy atom. The first-order valence-electron chi connectivity index (χ1n) is 8.38. The van der Waals surface area contributed by atoms with Crippen LogP contribution in [0.15, 0.2) is 42.7 Å². The van der Waals surface area contributed by atoms with Crippen molar-refractivity contribution in [3.05, 3.63) is 42.7 Å². The number of urea groups is 1. The number of benzene rings is 1. The van der Waals surface area contributed by atoms with Gasteiger partial charge in [0.15, 0.2) is 0 Å². The first-order chi connectivity index (χ1) is 12.7. The number of halogens is 3. The number of carbonyl (C=O) groups is 1. The highest BCUT2D eigenvalue weighted by Crippen LogP contribution is 2.44. The summed E-state index contributed by atoms with van der Waals surface area (Å²) in [5.74, 6) is -1.07. The molecule has 1 aromatic carbocycles. The average Bonchev–Trinajstić information content (AvgIpc) is 2.93. The molecule has 0 spiro atoms. The number of hydrogen-bond acceptors (Lipinski definition) is 4. The van der Waals surface area contributed by atoms with Crippen LogP contribution in [0, 0.1) is 5.92 Å². The predicted molar refractivity (Wildman–Crippen MR) is 92.5 cm³/mol. The predicted octanol–water partition coefficient (Wildman–Crippen LogP) is 4.46. The van der Waals surface area contributed by atoms with Crippen molar-refractivity contribution in [1.82, 2.24) is 14.9 Å². The fourth-order valence-corrected chi connectivity index (χ4v) is 3.26. The summed E-state index contributed by atoms with van der Waals surface area (Å²) in [5.41, 5.74) is -0.858. The van der Waals surface area contributed by atoms with Crippen LogP contribution in [0.2, 0.25) is 0 Å². The molecule has 6 nitrogen and oxygen atoms in total. The van der Waals surface area contributed by atoms with E-state index >= 15 is 0 Å². The summed E-state index contributed by atoms with van der Waals surface area (Å²) in [6.45, 7) is 2.93. The maximum atomic E-state index is 13.2. The number of nitrogens with zero attached hydrogens (tertiary/aromatic N) is 3. The van der Waals surface area contributed by atoms with Crippen LogP contribution in [0.1, 0.15) is 20.3 Å². The molecule has 0 aliphatic carbocycles. The van der Waals surface area contributed by atoms with Crippen LogP contribution in [0.5, 0.6) is 11.8 Å². The van der Waals surface area contributed by atoms with E-state index in [1.54, 1.807) is 42.7 Å². The zero-order valence-corrected chi connectivity index (χ0v) is 14.8. The summed E-state index contributed by atoms with van der Waals surface area (Å²) in [6.07, 6.45) is -1.35. The number of anilines is 1. The van der Waals surface area contributed by atoms with Crippen LogP contribution >= 0.6 is 0 Å². The highest BCUT2D eigenvalue weighted by atomic mass is 19.4. The van der Waals surface area contributed by atoms with Crippen molar-refractivity contribution in [1.29, 1.82) is 0 Å². The molecule has 1 fully saturated rings. The van der Waals surface area contributed by atoms with Crippen molar-refractivity contribution in [2.45, 2.75) is 32.0 Å². The minimum Gasteiger partial charge on any atom is -0.424 e. The quantitative estimate of drug-likeness (QED) is 0.854. The van der Waals surface area contributed by atoms with Crippen molar-refractivity contribution >= 4 is 11.7 Å². The molecule has 27 heavy (non-hydrogen) atoms. The number of nitrogens with one attached hydrogen (secondary N) is 1. The second-order valence-corrected chi connectivity index (χ2v) is 6.78. The molecule has 0 bridgehead atoms. The Balaban J connectivity index is 1.64. The Kier molecular flexibility index (Phi) is 4.95. The smallest absolute Gasteiger partial charge is 0.394 e. The lowest BCUT2D eigenvalue weighted by atomic mass is 9.88. The van der Waals surface area contributed by atoms with E-state index in [-0.39, 0.29) is 19.0 Å². The molecule has 1 aliphatic heterocycles. The van der Waals surface area contributed by atoms with E-state index in [4.69, 9.17) is 4.74 Å². The molecule has 0 unspecified atom stereocenters. The summed E-state index contributed by atoms with van der Waals surface area (Å²) in [4.78, 5) is 21.6. The second kappa shape index (κ2) is 7.05. The number of alkyl halides is 3. The van der Waals surface area contributed by atoms with Gasteiger partial charge in [-0.2, -0.15) is 13.2 Å². The van der Waals surface area contributed by atoms with Crippen LogP contribution in [0.25, 0.3) is 0 Å². The third-order valence-electron chi connectivity index (χ3n) is 4.69. The molecule has 1 atom stereocenters. The van der Waals surface area contributed by atoms with E-state index in [9.17, 15) is 18.0 Å². The lowest BCUT2D eigenvalue weighted by molar-refractivity contribution is -0.189. The number of rotatable bonds is 3. The van der Waals surface area contributed by atoms with Crippen molar-refractivity contribution in [2.24, 2.45) is 5.92 Å². The summed E-state index contributed by atoms with van der Waals surface area (Å²) >= 11 is 0. The van der Waals surface area contributed by atoms with Crippen LogP contribution < -0.4 is 10.1 Å². The maximum Gasteiger partial charge on any atom is 0.394 e. The Labute approximate surface area is 154 Å². The normalized spacial score (nSPS) is 19.0. The number of carbonyl (C=O) groups excluding carboxylic acids is 1. The molecule has 2 aromatic rings. The van der Waals surface area contributed by atoms with Gasteiger partial charge in [0.2, 0.25) is 0 Å². The van der Waals surface area contributed by atoms with E-state index in [1.807, 2.05) is 0 Å². The highest BCUT2D eigenvalue weighted by Gasteiger charge is 2.56. The first kappa shape index (κ1) is 18.9. The topological polar surface area (TPSA) is 67.4 Å². The van der Waals surface area contributed by atoms with Gasteiger partial charge >= 0.3 is 18.2 Å². The molecule has 2 heterocycles. The summed E-state index contributed by atoms with van der Waals surface area (Å²) < 4.78 is 44.9. The Morgan fingerprint density at radius 1 is 1.22 bits per heavy atom.